The van der Waals surface area contributed by atoms with Crippen molar-refractivity contribution in [1.29, 1.82) is 0 Å². The molecule has 0 radical (unpaired) electrons. The summed E-state index contributed by atoms with van der Waals surface area (Å²) in [5, 5.41) is 5.25. The molecule has 2 aliphatic rings. The molecule has 230 valence electrons. The maximum atomic E-state index is 16.2. The van der Waals surface area contributed by atoms with Crippen LogP contribution in [0.2, 0.25) is 0 Å². The highest BCUT2D eigenvalue weighted by Gasteiger charge is 2.47. The van der Waals surface area contributed by atoms with Gasteiger partial charge in [0, 0.05) is 38.4 Å². The lowest BCUT2D eigenvalue weighted by Gasteiger charge is -2.42. The Balaban J connectivity index is 1.32. The number of rotatable bonds is 2. The number of hydrogen-bond acceptors (Lipinski definition) is 4. The number of hydrogen-bond donors (Lipinski definition) is 0. The summed E-state index contributed by atoms with van der Waals surface area (Å²) >= 11 is 0. The maximum absolute atomic E-state index is 16.2. The summed E-state index contributed by atoms with van der Waals surface area (Å²) in [5.74, 6) is 0.496. The van der Waals surface area contributed by atoms with E-state index in [1.54, 1.807) is 6.07 Å². The molecule has 4 heterocycles. The van der Waals surface area contributed by atoms with Gasteiger partial charge in [-0.05, 0) is 71.3 Å². The predicted octanol–water partition coefficient (Wildman–Crippen LogP) is 10.0. The van der Waals surface area contributed by atoms with E-state index in [2.05, 4.69) is 108 Å². The van der Waals surface area contributed by atoms with E-state index in [1.807, 2.05) is 36.4 Å². The van der Waals surface area contributed by atoms with Crippen molar-refractivity contribution < 1.29 is 13.2 Å². The first-order valence-electron chi connectivity index (χ1n) is 16.6. The van der Waals surface area contributed by atoms with Gasteiger partial charge in [0.05, 0.1) is 17.1 Å². The molecule has 49 heavy (non-hydrogen) atoms. The minimum Gasteiger partial charge on any atom is -0.453 e. The summed E-state index contributed by atoms with van der Waals surface area (Å²) in [6.07, 6.45) is 0. The van der Waals surface area contributed by atoms with Gasteiger partial charge in [0.2, 0.25) is 5.88 Å². The van der Waals surface area contributed by atoms with Crippen molar-refractivity contribution in [3.8, 4) is 0 Å². The molecule has 2 aromatic heterocycles. The minimum atomic E-state index is -0.302. The molecule has 0 bridgehead atoms. The first kappa shape index (κ1) is 26.8. The van der Waals surface area contributed by atoms with Gasteiger partial charge >= 0.3 is 0 Å². The average molecular weight is 633 g/mol. The van der Waals surface area contributed by atoms with Gasteiger partial charge in [0.15, 0.2) is 5.58 Å². The summed E-state index contributed by atoms with van der Waals surface area (Å²) in [4.78, 5) is 4.33. The first-order valence-corrected chi connectivity index (χ1v) is 16.6. The number of para-hydroxylation sites is 3. The lowest BCUT2D eigenvalue weighted by atomic mass is 9.33. The van der Waals surface area contributed by atoms with Crippen LogP contribution < -0.4 is 26.2 Å². The molecule has 0 atom stereocenters. The monoisotopic (exact) mass is 632 g/mol. The molecule has 2 aliphatic heterocycles. The van der Waals surface area contributed by atoms with Crippen molar-refractivity contribution in [3.05, 3.63) is 151 Å². The fourth-order valence-electron chi connectivity index (χ4n) is 8.38. The van der Waals surface area contributed by atoms with Crippen LogP contribution in [0.1, 0.15) is 5.56 Å². The molecule has 0 fully saturated rings. The molecule has 0 N–H and O–H groups in total. The Bertz CT molecular complexity index is 2850. The van der Waals surface area contributed by atoms with Crippen molar-refractivity contribution in [2.24, 2.45) is 0 Å². The van der Waals surface area contributed by atoms with E-state index in [0.29, 0.717) is 5.69 Å². The fourth-order valence-corrected chi connectivity index (χ4v) is 8.38. The summed E-state index contributed by atoms with van der Waals surface area (Å²) in [5.41, 5.74) is 11.0. The Kier molecular flexibility index (Phi) is 5.27. The Morgan fingerprint density at radius 2 is 1.18 bits per heavy atom. The van der Waals surface area contributed by atoms with Crippen LogP contribution >= 0.6 is 0 Å². The second-order valence-corrected chi connectivity index (χ2v) is 13.0. The van der Waals surface area contributed by atoms with Gasteiger partial charge in [-0.25, -0.2) is 4.39 Å². The standard InChI is InChI=1S/C43H26BFN2O2/c1-25-11-2-7-16-33(25)47-36-19-10-18-35-39(36)44(38-30-14-5-9-20-37(30)48-43(38)47)31-24-23-29-28-22-21-26-12-3-4-13-27(26)41(28)49-42(29)40(31)46(35)34-17-8-6-15-32(34)45/h2-24H,1H3. The topological polar surface area (TPSA) is 32.8 Å². The third-order valence-electron chi connectivity index (χ3n) is 10.5. The highest BCUT2D eigenvalue weighted by atomic mass is 19.1. The number of halogens is 1. The number of aryl methyl sites for hydroxylation is 1. The van der Waals surface area contributed by atoms with Crippen molar-refractivity contribution in [2.75, 3.05) is 9.80 Å². The zero-order chi connectivity index (χ0) is 32.4. The van der Waals surface area contributed by atoms with Gasteiger partial charge in [-0.1, -0.05) is 97.1 Å². The zero-order valence-corrected chi connectivity index (χ0v) is 26.4. The zero-order valence-electron chi connectivity index (χ0n) is 26.4. The molecule has 0 amide bonds. The molecule has 6 heteroatoms. The second-order valence-electron chi connectivity index (χ2n) is 13.0. The Hall–Kier alpha value is -6.27. The minimum absolute atomic E-state index is 0.197. The number of fused-ring (bicyclic) bond motifs is 12. The third-order valence-corrected chi connectivity index (χ3v) is 10.5. The maximum Gasteiger partial charge on any atom is 0.257 e. The van der Waals surface area contributed by atoms with Gasteiger partial charge in [-0.3, -0.25) is 4.90 Å². The predicted molar refractivity (Wildman–Crippen MR) is 200 cm³/mol. The lowest BCUT2D eigenvalue weighted by Crippen LogP contribution is -2.61. The van der Waals surface area contributed by atoms with E-state index in [-0.39, 0.29) is 12.5 Å². The van der Waals surface area contributed by atoms with Crippen molar-refractivity contribution in [2.45, 2.75) is 6.92 Å². The SMILES string of the molecule is Cc1ccccc1N1c2cccc3c2B(c2ccc4c(oc5c6ccccc6ccc45)c2N3c2ccccc2F)c2c1oc1ccccc21. The quantitative estimate of drug-likeness (QED) is 0.178. The van der Waals surface area contributed by atoms with E-state index >= 15 is 4.39 Å². The molecule has 7 aromatic carbocycles. The summed E-state index contributed by atoms with van der Waals surface area (Å²) < 4.78 is 30.0. The van der Waals surface area contributed by atoms with Crippen molar-refractivity contribution >= 4 is 101 Å². The van der Waals surface area contributed by atoms with E-state index in [4.69, 9.17) is 8.83 Å². The van der Waals surface area contributed by atoms with Crippen LogP contribution in [0, 0.1) is 12.7 Å². The molecule has 0 aliphatic carbocycles. The first-order chi connectivity index (χ1) is 24.2. The van der Waals surface area contributed by atoms with Crippen LogP contribution in [-0.2, 0) is 0 Å². The Morgan fingerprint density at radius 3 is 2.04 bits per heavy atom. The number of anilines is 6. The van der Waals surface area contributed by atoms with Crippen LogP contribution in [0.5, 0.6) is 0 Å². The summed E-state index contributed by atoms with van der Waals surface area (Å²) in [6.45, 7) is 1.93. The molecule has 9 aromatic rings. The molecule has 0 spiro atoms. The normalized spacial score (nSPS) is 13.4. The second kappa shape index (κ2) is 9.65. The van der Waals surface area contributed by atoms with Gasteiger partial charge < -0.3 is 13.7 Å². The highest BCUT2D eigenvalue weighted by molar-refractivity contribution is 7.01. The van der Waals surface area contributed by atoms with Crippen LogP contribution in [0.4, 0.5) is 38.7 Å². The van der Waals surface area contributed by atoms with Gasteiger partial charge in [0.25, 0.3) is 6.71 Å². The van der Waals surface area contributed by atoms with E-state index in [0.717, 1.165) is 94.3 Å². The van der Waals surface area contributed by atoms with Crippen LogP contribution in [0.15, 0.2) is 148 Å². The molecule has 11 rings (SSSR count). The van der Waals surface area contributed by atoms with Crippen molar-refractivity contribution in [3.63, 3.8) is 0 Å². The van der Waals surface area contributed by atoms with Gasteiger partial charge in [0.1, 0.15) is 17.0 Å². The van der Waals surface area contributed by atoms with Crippen LogP contribution in [-0.4, -0.2) is 6.71 Å². The summed E-state index contributed by atoms with van der Waals surface area (Å²) in [6, 6.07) is 47.0. The fraction of sp³-hybridized carbons (Fsp3) is 0.0233. The van der Waals surface area contributed by atoms with E-state index < -0.39 is 0 Å². The Morgan fingerprint density at radius 1 is 0.510 bits per heavy atom. The molecule has 4 nitrogen and oxygen atoms in total. The highest BCUT2D eigenvalue weighted by Crippen LogP contribution is 2.49. The smallest absolute Gasteiger partial charge is 0.257 e. The molecule has 0 saturated carbocycles. The third kappa shape index (κ3) is 3.47. The lowest BCUT2D eigenvalue weighted by molar-refractivity contribution is 0.622. The van der Waals surface area contributed by atoms with Crippen molar-refractivity contribution in [1.82, 2.24) is 0 Å². The van der Waals surface area contributed by atoms with Crippen LogP contribution in [0.3, 0.4) is 0 Å². The van der Waals surface area contributed by atoms with E-state index in [1.165, 1.54) is 6.07 Å². The average Bonchev–Trinajstić information content (AvgIpc) is 3.72. The largest absolute Gasteiger partial charge is 0.453 e. The number of furan rings is 2. The molecule has 0 saturated heterocycles. The van der Waals surface area contributed by atoms with Gasteiger partial charge in [-0.2, -0.15) is 0 Å². The number of nitrogens with zero attached hydrogens (tertiary/aromatic N) is 2. The molecular formula is C43H26BFN2O2. The number of benzene rings is 7. The van der Waals surface area contributed by atoms with Gasteiger partial charge in [-0.15, -0.1) is 0 Å². The van der Waals surface area contributed by atoms with Crippen LogP contribution in [0.25, 0.3) is 43.7 Å². The molecular weight excluding hydrogens is 606 g/mol. The Labute approximate surface area is 281 Å². The summed E-state index contributed by atoms with van der Waals surface area (Å²) in [7, 11) is 0. The van der Waals surface area contributed by atoms with E-state index in [9.17, 15) is 0 Å². The molecule has 0 unspecified atom stereocenters.